The molecule has 0 spiro atoms. The number of furan rings is 1. The Kier molecular flexibility index (Phi) is 4.02. The SMILES string of the molecule is COc1cc([N+](=O)[O-])ccc1NC(=O)c1ccc([N+](=O)[O-])o1. The highest BCUT2D eigenvalue weighted by Crippen LogP contribution is 2.29. The molecule has 1 heterocycles. The number of benzene rings is 1. The van der Waals surface area contributed by atoms with E-state index in [1.54, 1.807) is 0 Å². The summed E-state index contributed by atoms with van der Waals surface area (Å²) in [6.07, 6.45) is 0. The number of rotatable bonds is 5. The van der Waals surface area contributed by atoms with Gasteiger partial charge in [-0.05, 0) is 12.1 Å². The van der Waals surface area contributed by atoms with E-state index in [9.17, 15) is 25.0 Å². The van der Waals surface area contributed by atoms with Crippen LogP contribution in [-0.4, -0.2) is 22.9 Å². The first-order valence-electron chi connectivity index (χ1n) is 5.80. The van der Waals surface area contributed by atoms with E-state index < -0.39 is 21.6 Å². The maximum absolute atomic E-state index is 11.9. The number of hydrogen-bond donors (Lipinski definition) is 1. The number of amides is 1. The quantitative estimate of drug-likeness (QED) is 0.660. The molecular weight excluding hydrogens is 298 g/mol. The standard InChI is InChI=1S/C12H9N3O7/c1-21-10-6-7(14(17)18)2-3-8(10)13-12(16)9-4-5-11(22-9)15(19)20/h2-6H,1H3,(H,13,16). The minimum atomic E-state index is -0.775. The summed E-state index contributed by atoms with van der Waals surface area (Å²) >= 11 is 0. The van der Waals surface area contributed by atoms with E-state index in [0.29, 0.717) is 0 Å². The molecular formula is C12H9N3O7. The van der Waals surface area contributed by atoms with Gasteiger partial charge in [0.25, 0.3) is 11.6 Å². The third-order valence-corrected chi connectivity index (χ3v) is 2.64. The number of nitrogens with one attached hydrogen (secondary N) is 1. The van der Waals surface area contributed by atoms with Gasteiger partial charge in [0.05, 0.1) is 29.9 Å². The second-order valence-corrected chi connectivity index (χ2v) is 3.99. The van der Waals surface area contributed by atoms with Crippen LogP contribution in [0.25, 0.3) is 0 Å². The number of nitro benzene ring substituents is 1. The van der Waals surface area contributed by atoms with Gasteiger partial charge >= 0.3 is 5.88 Å². The number of nitro groups is 2. The van der Waals surface area contributed by atoms with Crippen LogP contribution in [0.4, 0.5) is 17.3 Å². The number of hydrogen-bond acceptors (Lipinski definition) is 7. The molecule has 0 unspecified atom stereocenters. The summed E-state index contributed by atoms with van der Waals surface area (Å²) in [5.74, 6) is -1.52. The zero-order chi connectivity index (χ0) is 16.3. The van der Waals surface area contributed by atoms with Crippen molar-refractivity contribution in [2.45, 2.75) is 0 Å². The average molecular weight is 307 g/mol. The van der Waals surface area contributed by atoms with Crippen molar-refractivity contribution in [1.82, 2.24) is 0 Å². The summed E-state index contributed by atoms with van der Waals surface area (Å²) in [4.78, 5) is 31.7. The monoisotopic (exact) mass is 307 g/mol. The molecule has 2 aromatic rings. The van der Waals surface area contributed by atoms with Crippen LogP contribution in [0, 0.1) is 20.2 Å². The molecule has 1 amide bonds. The van der Waals surface area contributed by atoms with E-state index in [0.717, 1.165) is 18.2 Å². The molecule has 10 heteroatoms. The van der Waals surface area contributed by atoms with Crippen molar-refractivity contribution in [3.05, 3.63) is 56.3 Å². The van der Waals surface area contributed by atoms with Crippen LogP contribution < -0.4 is 10.1 Å². The molecule has 10 nitrogen and oxygen atoms in total. The smallest absolute Gasteiger partial charge is 0.433 e. The van der Waals surface area contributed by atoms with Gasteiger partial charge in [-0.3, -0.25) is 25.0 Å². The predicted octanol–water partition coefficient (Wildman–Crippen LogP) is 2.36. The lowest BCUT2D eigenvalue weighted by Crippen LogP contribution is -2.11. The van der Waals surface area contributed by atoms with Crippen LogP contribution >= 0.6 is 0 Å². The summed E-state index contributed by atoms with van der Waals surface area (Å²) in [7, 11) is 1.28. The third-order valence-electron chi connectivity index (χ3n) is 2.64. The van der Waals surface area contributed by atoms with Gasteiger partial charge in [-0.1, -0.05) is 0 Å². The van der Waals surface area contributed by atoms with Crippen molar-refractivity contribution in [2.75, 3.05) is 12.4 Å². The highest BCUT2D eigenvalue weighted by Gasteiger charge is 2.19. The molecule has 1 N–H and O–H groups in total. The van der Waals surface area contributed by atoms with Crippen molar-refractivity contribution < 1.29 is 23.8 Å². The minimum absolute atomic E-state index is 0.0728. The molecule has 114 valence electrons. The topological polar surface area (TPSA) is 138 Å². The number of nitrogens with zero attached hydrogens (tertiary/aromatic N) is 2. The zero-order valence-corrected chi connectivity index (χ0v) is 11.1. The number of non-ortho nitro benzene ring substituents is 1. The fourth-order valence-corrected chi connectivity index (χ4v) is 1.63. The fourth-order valence-electron chi connectivity index (χ4n) is 1.63. The molecule has 0 radical (unpaired) electrons. The highest BCUT2D eigenvalue weighted by atomic mass is 16.6. The molecule has 0 saturated carbocycles. The second kappa shape index (κ2) is 5.91. The summed E-state index contributed by atoms with van der Waals surface area (Å²) in [6.45, 7) is 0. The molecule has 1 aromatic carbocycles. The Morgan fingerprint density at radius 3 is 2.45 bits per heavy atom. The molecule has 0 aliphatic rings. The molecule has 0 atom stereocenters. The van der Waals surface area contributed by atoms with E-state index in [1.165, 1.54) is 19.2 Å². The van der Waals surface area contributed by atoms with E-state index in [2.05, 4.69) is 5.32 Å². The first kappa shape index (κ1) is 15.0. The van der Waals surface area contributed by atoms with Crippen molar-refractivity contribution in [2.24, 2.45) is 0 Å². The summed E-state index contributed by atoms with van der Waals surface area (Å²) < 4.78 is 9.71. The number of carbonyl (C=O) groups is 1. The Morgan fingerprint density at radius 2 is 1.91 bits per heavy atom. The number of ether oxygens (including phenoxy) is 1. The first-order valence-corrected chi connectivity index (χ1v) is 5.80. The first-order chi connectivity index (χ1) is 10.4. The maximum Gasteiger partial charge on any atom is 0.433 e. The summed E-state index contributed by atoms with van der Waals surface area (Å²) in [6, 6.07) is 5.79. The Balaban J connectivity index is 2.23. The van der Waals surface area contributed by atoms with Gasteiger partial charge in [0.1, 0.15) is 10.7 Å². The molecule has 1 aromatic heterocycles. The maximum atomic E-state index is 11.9. The van der Waals surface area contributed by atoms with Crippen LogP contribution in [-0.2, 0) is 0 Å². The predicted molar refractivity (Wildman–Crippen MR) is 73.0 cm³/mol. The third kappa shape index (κ3) is 3.00. The largest absolute Gasteiger partial charge is 0.494 e. The van der Waals surface area contributed by atoms with Crippen LogP contribution in [0.1, 0.15) is 10.6 Å². The Hall–Kier alpha value is -3.43. The van der Waals surface area contributed by atoms with Crippen LogP contribution in [0.5, 0.6) is 5.75 Å². The van der Waals surface area contributed by atoms with E-state index in [-0.39, 0.29) is 22.9 Å². The van der Waals surface area contributed by atoms with Gasteiger partial charge < -0.3 is 14.5 Å². The lowest BCUT2D eigenvalue weighted by atomic mass is 10.2. The Morgan fingerprint density at radius 1 is 1.18 bits per heavy atom. The fraction of sp³-hybridized carbons (Fsp3) is 0.0833. The van der Waals surface area contributed by atoms with Crippen molar-refractivity contribution >= 4 is 23.2 Å². The Labute approximate surface area is 122 Å². The zero-order valence-electron chi connectivity index (χ0n) is 11.1. The van der Waals surface area contributed by atoms with E-state index in [1.807, 2.05) is 0 Å². The van der Waals surface area contributed by atoms with Crippen molar-refractivity contribution in [3.63, 3.8) is 0 Å². The van der Waals surface area contributed by atoms with E-state index in [4.69, 9.17) is 9.15 Å². The number of carbonyl (C=O) groups excluding carboxylic acids is 1. The molecule has 0 saturated heterocycles. The molecule has 22 heavy (non-hydrogen) atoms. The van der Waals surface area contributed by atoms with Gasteiger partial charge in [-0.2, -0.15) is 0 Å². The number of anilines is 1. The molecule has 0 aliphatic heterocycles. The Bertz CT molecular complexity index is 753. The van der Waals surface area contributed by atoms with Crippen LogP contribution in [0.2, 0.25) is 0 Å². The summed E-state index contributed by atoms with van der Waals surface area (Å²) in [5.41, 5.74) is -0.0411. The van der Waals surface area contributed by atoms with Gasteiger partial charge in [0.15, 0.2) is 5.76 Å². The van der Waals surface area contributed by atoms with Gasteiger partial charge in [-0.25, -0.2) is 0 Å². The molecule has 0 fully saturated rings. The van der Waals surface area contributed by atoms with Gasteiger partial charge in [0, 0.05) is 6.07 Å². The minimum Gasteiger partial charge on any atom is -0.494 e. The highest BCUT2D eigenvalue weighted by molar-refractivity contribution is 6.03. The number of methoxy groups -OCH3 is 1. The molecule has 0 bridgehead atoms. The average Bonchev–Trinajstić information content (AvgIpc) is 2.97. The van der Waals surface area contributed by atoms with E-state index >= 15 is 0 Å². The van der Waals surface area contributed by atoms with Gasteiger partial charge in [0.2, 0.25) is 0 Å². The van der Waals surface area contributed by atoms with Gasteiger partial charge in [-0.15, -0.1) is 0 Å². The normalized spacial score (nSPS) is 10.0. The summed E-state index contributed by atoms with van der Waals surface area (Å²) in [5, 5.41) is 23.6. The lowest BCUT2D eigenvalue weighted by molar-refractivity contribution is -0.402. The molecule has 2 rings (SSSR count). The van der Waals surface area contributed by atoms with Crippen molar-refractivity contribution in [1.29, 1.82) is 0 Å². The second-order valence-electron chi connectivity index (χ2n) is 3.99. The lowest BCUT2D eigenvalue weighted by Gasteiger charge is -2.08. The molecule has 0 aliphatic carbocycles. The van der Waals surface area contributed by atoms with Crippen molar-refractivity contribution in [3.8, 4) is 5.75 Å². The van der Waals surface area contributed by atoms with Crippen LogP contribution in [0.15, 0.2) is 34.7 Å². The van der Waals surface area contributed by atoms with Crippen LogP contribution in [0.3, 0.4) is 0 Å².